The summed E-state index contributed by atoms with van der Waals surface area (Å²) in [5.74, 6) is 1.85. The second-order valence-corrected chi connectivity index (χ2v) is 9.27. The molecule has 0 spiro atoms. The van der Waals surface area contributed by atoms with Crippen LogP contribution < -0.4 is 10.1 Å². The Bertz CT molecular complexity index is 951. The van der Waals surface area contributed by atoms with E-state index in [0.717, 1.165) is 67.9 Å². The minimum absolute atomic E-state index is 0.0847. The molecule has 2 aliphatic heterocycles. The van der Waals surface area contributed by atoms with E-state index in [1.54, 1.807) is 0 Å². The number of likely N-dealkylation sites (tertiary alicyclic amines) is 2. The monoisotopic (exact) mass is 449 g/mol. The van der Waals surface area contributed by atoms with Crippen LogP contribution in [-0.2, 0) is 0 Å². The predicted octanol–water partition coefficient (Wildman–Crippen LogP) is 5.37. The lowest BCUT2D eigenvalue weighted by atomic mass is 9.89. The summed E-state index contributed by atoms with van der Waals surface area (Å²) < 4.78 is 5.46. The van der Waals surface area contributed by atoms with E-state index in [4.69, 9.17) is 4.74 Å². The normalized spacial score (nSPS) is 19.3. The lowest BCUT2D eigenvalue weighted by Gasteiger charge is -2.33. The van der Waals surface area contributed by atoms with Crippen molar-refractivity contribution in [2.24, 2.45) is 5.92 Å². The topological polar surface area (TPSA) is 61.9 Å². The van der Waals surface area contributed by atoms with Crippen LogP contribution in [0.1, 0.15) is 61.4 Å². The molecule has 4 rings (SSSR count). The first-order valence-electron chi connectivity index (χ1n) is 12.2. The van der Waals surface area contributed by atoms with Crippen LogP contribution in [0.15, 0.2) is 48.5 Å². The zero-order valence-electron chi connectivity index (χ0n) is 19.8. The van der Waals surface area contributed by atoms with Gasteiger partial charge in [-0.25, -0.2) is 4.79 Å². The third-order valence-corrected chi connectivity index (χ3v) is 6.80. The minimum atomic E-state index is -0.0847. The van der Waals surface area contributed by atoms with Crippen molar-refractivity contribution in [1.82, 2.24) is 9.80 Å². The quantitative estimate of drug-likeness (QED) is 0.668. The lowest BCUT2D eigenvalue weighted by Crippen LogP contribution is -2.41. The number of benzene rings is 2. The molecule has 1 N–H and O–H groups in total. The van der Waals surface area contributed by atoms with Crippen molar-refractivity contribution in [3.05, 3.63) is 59.7 Å². The van der Waals surface area contributed by atoms with Gasteiger partial charge in [0.05, 0.1) is 6.61 Å². The van der Waals surface area contributed by atoms with Crippen molar-refractivity contribution in [2.45, 2.75) is 45.4 Å². The first kappa shape index (κ1) is 23.1. The fraction of sp³-hybridized carbons (Fsp3) is 0.481. The van der Waals surface area contributed by atoms with Crippen molar-refractivity contribution >= 4 is 17.6 Å². The molecule has 2 aromatic carbocycles. The zero-order valence-corrected chi connectivity index (χ0v) is 19.8. The molecule has 0 unspecified atom stereocenters. The van der Waals surface area contributed by atoms with Gasteiger partial charge < -0.3 is 19.9 Å². The van der Waals surface area contributed by atoms with E-state index in [-0.39, 0.29) is 17.9 Å². The Labute approximate surface area is 196 Å². The van der Waals surface area contributed by atoms with Gasteiger partial charge in [0.15, 0.2) is 0 Å². The number of rotatable bonds is 5. The Morgan fingerprint density at radius 3 is 2.48 bits per heavy atom. The molecular formula is C27H35N3O3. The molecule has 176 valence electrons. The van der Waals surface area contributed by atoms with Crippen LogP contribution in [0.5, 0.6) is 5.75 Å². The number of piperidine rings is 2. The number of urea groups is 1. The number of nitrogens with zero attached hydrogens (tertiary/aromatic N) is 2. The number of carbonyl (C=O) groups excluding carboxylic acids is 2. The second-order valence-electron chi connectivity index (χ2n) is 9.27. The largest absolute Gasteiger partial charge is 0.494 e. The second kappa shape index (κ2) is 10.7. The van der Waals surface area contributed by atoms with Crippen LogP contribution in [0.2, 0.25) is 0 Å². The molecule has 33 heavy (non-hydrogen) atoms. The third-order valence-electron chi connectivity index (χ3n) is 6.80. The molecule has 2 aromatic rings. The summed E-state index contributed by atoms with van der Waals surface area (Å²) in [7, 11) is 0. The molecule has 0 bridgehead atoms. The first-order valence-corrected chi connectivity index (χ1v) is 12.2. The molecule has 2 saturated heterocycles. The Morgan fingerprint density at radius 2 is 1.76 bits per heavy atom. The van der Waals surface area contributed by atoms with Crippen molar-refractivity contribution < 1.29 is 14.3 Å². The number of ether oxygens (including phenoxy) is 1. The number of hydrogen-bond donors (Lipinski definition) is 1. The van der Waals surface area contributed by atoms with E-state index in [0.29, 0.717) is 19.1 Å². The van der Waals surface area contributed by atoms with Gasteiger partial charge in [0, 0.05) is 43.3 Å². The van der Waals surface area contributed by atoms with Crippen molar-refractivity contribution in [1.29, 1.82) is 0 Å². The Morgan fingerprint density at radius 1 is 1.00 bits per heavy atom. The number of carbonyl (C=O) groups is 2. The number of amides is 3. The highest BCUT2D eigenvalue weighted by atomic mass is 16.5. The molecule has 0 aliphatic carbocycles. The Kier molecular flexibility index (Phi) is 7.53. The van der Waals surface area contributed by atoms with Gasteiger partial charge in [-0.2, -0.15) is 0 Å². The summed E-state index contributed by atoms with van der Waals surface area (Å²) in [5, 5.41) is 3.00. The lowest BCUT2D eigenvalue weighted by molar-refractivity contribution is 0.0697. The number of hydrogen-bond acceptors (Lipinski definition) is 3. The molecule has 1 atom stereocenters. The maximum absolute atomic E-state index is 13.0. The van der Waals surface area contributed by atoms with E-state index in [1.807, 2.05) is 59.2 Å². The highest BCUT2D eigenvalue weighted by molar-refractivity contribution is 5.94. The summed E-state index contributed by atoms with van der Waals surface area (Å²) in [5.41, 5.74) is 2.66. The fourth-order valence-electron chi connectivity index (χ4n) is 4.76. The van der Waals surface area contributed by atoms with Crippen LogP contribution in [-0.4, -0.2) is 54.5 Å². The molecule has 2 aliphatic rings. The van der Waals surface area contributed by atoms with Gasteiger partial charge in [0.2, 0.25) is 0 Å². The summed E-state index contributed by atoms with van der Waals surface area (Å²) >= 11 is 0. The number of anilines is 1. The highest BCUT2D eigenvalue weighted by Crippen LogP contribution is 2.29. The van der Waals surface area contributed by atoms with Crippen molar-refractivity contribution in [3.8, 4) is 5.75 Å². The van der Waals surface area contributed by atoms with Crippen molar-refractivity contribution in [2.75, 3.05) is 38.1 Å². The molecule has 0 radical (unpaired) electrons. The van der Waals surface area contributed by atoms with Crippen molar-refractivity contribution in [3.63, 3.8) is 0 Å². The van der Waals surface area contributed by atoms with Gasteiger partial charge in [0.25, 0.3) is 5.91 Å². The molecule has 6 nitrogen and oxygen atoms in total. The van der Waals surface area contributed by atoms with Gasteiger partial charge in [-0.1, -0.05) is 19.1 Å². The first-order chi connectivity index (χ1) is 16.0. The maximum Gasteiger partial charge on any atom is 0.321 e. The Balaban J connectivity index is 1.38. The van der Waals surface area contributed by atoms with Gasteiger partial charge in [-0.3, -0.25) is 4.79 Å². The zero-order chi connectivity index (χ0) is 23.2. The molecule has 0 saturated carbocycles. The van der Waals surface area contributed by atoms with Crippen LogP contribution in [0.3, 0.4) is 0 Å². The molecule has 2 fully saturated rings. The highest BCUT2D eigenvalue weighted by Gasteiger charge is 2.26. The minimum Gasteiger partial charge on any atom is -0.494 e. The van der Waals surface area contributed by atoms with Crippen LogP contribution in [0.4, 0.5) is 10.5 Å². The molecule has 6 heteroatoms. The van der Waals surface area contributed by atoms with Crippen LogP contribution in [0.25, 0.3) is 0 Å². The fourth-order valence-corrected chi connectivity index (χ4v) is 4.76. The maximum atomic E-state index is 13.0. The third kappa shape index (κ3) is 5.86. The number of nitrogens with one attached hydrogen (secondary N) is 1. The average molecular weight is 450 g/mol. The van der Waals surface area contributed by atoms with E-state index in [9.17, 15) is 9.59 Å². The van der Waals surface area contributed by atoms with Crippen LogP contribution >= 0.6 is 0 Å². The van der Waals surface area contributed by atoms with Gasteiger partial charge in [0.1, 0.15) is 5.75 Å². The predicted molar refractivity (Wildman–Crippen MR) is 131 cm³/mol. The summed E-state index contributed by atoms with van der Waals surface area (Å²) in [6.07, 6.45) is 4.12. The standard InChI is InChI=1S/C27H35N3O3/c1-3-33-25-11-9-24(10-12-25)28-27(32)30-15-5-8-23(19-30)21-6-4-7-22(18-21)26(31)29-16-13-20(2)14-17-29/h4,6-7,9-12,18,20,23H,3,5,8,13-17,19H2,1-2H3,(H,28,32)/t23-/m0/s1. The molecule has 3 amide bonds. The molecular weight excluding hydrogens is 414 g/mol. The molecule has 2 heterocycles. The van der Waals surface area contributed by atoms with Gasteiger partial charge >= 0.3 is 6.03 Å². The van der Waals surface area contributed by atoms with E-state index in [1.165, 1.54) is 0 Å². The average Bonchev–Trinajstić information content (AvgIpc) is 2.85. The summed E-state index contributed by atoms with van der Waals surface area (Å²) in [6.45, 7) is 7.89. The van der Waals surface area contributed by atoms with Gasteiger partial charge in [-0.15, -0.1) is 0 Å². The molecule has 0 aromatic heterocycles. The van der Waals surface area contributed by atoms with Crippen LogP contribution in [0, 0.1) is 5.92 Å². The van der Waals surface area contributed by atoms with E-state index < -0.39 is 0 Å². The summed E-state index contributed by atoms with van der Waals surface area (Å²) in [4.78, 5) is 29.8. The SMILES string of the molecule is CCOc1ccc(NC(=O)N2CCC[C@H](c3cccc(C(=O)N4CCC(C)CC4)c3)C2)cc1. The smallest absolute Gasteiger partial charge is 0.321 e. The Hall–Kier alpha value is -3.02. The van der Waals surface area contributed by atoms with E-state index in [2.05, 4.69) is 18.3 Å². The van der Waals surface area contributed by atoms with E-state index >= 15 is 0 Å². The summed E-state index contributed by atoms with van der Waals surface area (Å²) in [6, 6.07) is 15.4. The van der Waals surface area contributed by atoms with Gasteiger partial charge in [-0.05, 0) is 80.5 Å².